The molecule has 0 spiro atoms. The van der Waals surface area contributed by atoms with E-state index in [-0.39, 0.29) is 11.7 Å². The Labute approximate surface area is 183 Å². The van der Waals surface area contributed by atoms with Crippen molar-refractivity contribution in [2.45, 2.75) is 38.5 Å². The van der Waals surface area contributed by atoms with Gasteiger partial charge in [0.25, 0.3) is 5.91 Å². The number of Topliss-reactive ketones (excluding diaryl/α,β-unsaturated/α-hetero) is 1. The molecule has 2 fully saturated rings. The van der Waals surface area contributed by atoms with Gasteiger partial charge in [0, 0.05) is 19.2 Å². The standard InChI is InChI=1S/C22H23FN5O4/c1-13-10-27-18-19(24-21(27)26(13)11-16-4-3-9-32-16)25(2)22(31)28(20(18)30)12-17(29)14-5-7-15(23)8-6-14/h5-8,10,16,18H,3-4,9,11-12H2,1-2H3/q+1. The highest BCUT2D eigenvalue weighted by Crippen LogP contribution is 2.30. The van der Waals surface area contributed by atoms with Gasteiger partial charge in [0.15, 0.2) is 5.78 Å². The molecule has 2 unspecified atom stereocenters. The molecule has 0 bridgehead atoms. The highest BCUT2D eigenvalue weighted by atomic mass is 19.1. The lowest BCUT2D eigenvalue weighted by Crippen LogP contribution is -2.63. The van der Waals surface area contributed by atoms with Crippen LogP contribution in [0.2, 0.25) is 0 Å². The topological polar surface area (TPSA) is 88.1 Å². The molecule has 0 saturated carbocycles. The van der Waals surface area contributed by atoms with Crippen molar-refractivity contribution in [3.8, 4) is 0 Å². The van der Waals surface area contributed by atoms with Crippen LogP contribution >= 0.6 is 0 Å². The van der Waals surface area contributed by atoms with Gasteiger partial charge in [-0.2, -0.15) is 0 Å². The van der Waals surface area contributed by atoms with Crippen molar-refractivity contribution in [3.63, 3.8) is 0 Å². The molecule has 3 aliphatic rings. The molecule has 9 nitrogen and oxygen atoms in total. The molecule has 2 saturated heterocycles. The first-order chi connectivity index (χ1) is 15.3. The summed E-state index contributed by atoms with van der Waals surface area (Å²) in [6.45, 7) is 2.87. The predicted octanol–water partition coefficient (Wildman–Crippen LogP) is 1.76. The zero-order chi connectivity index (χ0) is 22.6. The molecule has 4 heterocycles. The van der Waals surface area contributed by atoms with Crippen molar-refractivity contribution in [1.82, 2.24) is 14.4 Å². The van der Waals surface area contributed by atoms with E-state index >= 15 is 0 Å². The molecule has 3 amide bonds. The van der Waals surface area contributed by atoms with Crippen molar-refractivity contribution >= 4 is 29.5 Å². The van der Waals surface area contributed by atoms with E-state index in [4.69, 9.17) is 4.74 Å². The van der Waals surface area contributed by atoms with E-state index in [9.17, 15) is 18.8 Å². The van der Waals surface area contributed by atoms with E-state index in [1.54, 1.807) is 11.6 Å². The number of rotatable bonds is 5. The number of aliphatic imine (C=N–C) groups is 1. The molecular formula is C22H23FN5O4+. The molecule has 3 aliphatic heterocycles. The summed E-state index contributed by atoms with van der Waals surface area (Å²) in [6, 6.07) is 3.58. The summed E-state index contributed by atoms with van der Waals surface area (Å²) in [6.07, 6.45) is 3.92. The molecule has 0 N–H and O–H groups in total. The molecule has 2 atom stereocenters. The second-order valence-electron chi connectivity index (χ2n) is 8.29. The van der Waals surface area contributed by atoms with Gasteiger partial charge in [0.05, 0.1) is 19.2 Å². The van der Waals surface area contributed by atoms with E-state index < -0.39 is 36.1 Å². The number of carbonyl (C=O) groups excluding carboxylic acids is 3. The van der Waals surface area contributed by atoms with Gasteiger partial charge in [-0.05, 0) is 44.0 Å². The van der Waals surface area contributed by atoms with Crippen LogP contribution < -0.4 is 4.57 Å². The largest absolute Gasteiger partial charge is 0.402 e. The number of amidine groups is 1. The van der Waals surface area contributed by atoms with E-state index in [0.29, 0.717) is 18.3 Å². The van der Waals surface area contributed by atoms with Crippen molar-refractivity contribution in [2.75, 3.05) is 20.2 Å². The third kappa shape index (κ3) is 3.22. The highest BCUT2D eigenvalue weighted by molar-refractivity contribution is 6.20. The number of amides is 3. The third-order valence-corrected chi connectivity index (χ3v) is 6.20. The zero-order valence-electron chi connectivity index (χ0n) is 17.8. The number of hydrogen-bond donors (Lipinski definition) is 0. The zero-order valence-corrected chi connectivity index (χ0v) is 17.8. The normalized spacial score (nSPS) is 22.3. The van der Waals surface area contributed by atoms with E-state index in [0.717, 1.165) is 30.0 Å². The number of nitrogens with zero attached hydrogens (tertiary/aromatic N) is 5. The van der Waals surface area contributed by atoms with Gasteiger partial charge in [-0.15, -0.1) is 0 Å². The number of carbonyl (C=O) groups is 3. The van der Waals surface area contributed by atoms with Crippen LogP contribution in [0.4, 0.5) is 15.1 Å². The Morgan fingerprint density at radius 1 is 1.28 bits per heavy atom. The fourth-order valence-electron chi connectivity index (χ4n) is 4.46. The molecule has 166 valence electrons. The summed E-state index contributed by atoms with van der Waals surface area (Å²) in [7, 11) is 1.54. The van der Waals surface area contributed by atoms with Crippen LogP contribution in [0.5, 0.6) is 0 Å². The van der Waals surface area contributed by atoms with Gasteiger partial charge < -0.3 is 4.74 Å². The quantitative estimate of drug-likeness (QED) is 0.524. The number of fused-ring (bicyclic) bond motifs is 3. The summed E-state index contributed by atoms with van der Waals surface area (Å²) >= 11 is 0. The summed E-state index contributed by atoms with van der Waals surface area (Å²) < 4.78 is 22.7. The lowest BCUT2D eigenvalue weighted by atomic mass is 10.1. The van der Waals surface area contributed by atoms with Crippen LogP contribution in [-0.4, -0.2) is 64.2 Å². The average molecular weight is 440 g/mol. The summed E-state index contributed by atoms with van der Waals surface area (Å²) in [4.78, 5) is 45.8. The van der Waals surface area contributed by atoms with Gasteiger partial charge >= 0.3 is 12.0 Å². The van der Waals surface area contributed by atoms with Crippen molar-refractivity contribution < 1.29 is 28.1 Å². The van der Waals surface area contributed by atoms with Gasteiger partial charge in [0.1, 0.15) is 17.7 Å². The van der Waals surface area contributed by atoms with Crippen LogP contribution in [-0.2, 0) is 16.1 Å². The smallest absolute Gasteiger partial charge is 0.375 e. The monoisotopic (exact) mass is 440 g/mol. The fraction of sp³-hybridized carbons (Fsp3) is 0.409. The minimum atomic E-state index is -0.821. The number of urea groups is 1. The molecule has 5 rings (SSSR count). The summed E-state index contributed by atoms with van der Waals surface area (Å²) in [5.74, 6) is -0.513. The third-order valence-electron chi connectivity index (χ3n) is 6.20. The number of ketones is 1. The predicted molar refractivity (Wildman–Crippen MR) is 110 cm³/mol. The maximum atomic E-state index is 13.3. The van der Waals surface area contributed by atoms with Gasteiger partial charge in [-0.1, -0.05) is 4.99 Å². The Kier molecular flexibility index (Phi) is 4.89. The molecule has 32 heavy (non-hydrogen) atoms. The Morgan fingerprint density at radius 3 is 2.72 bits per heavy atom. The number of imide groups is 1. The number of likely N-dealkylation sites (N-methyl/N-ethyl adjacent to an activating group) is 1. The maximum absolute atomic E-state index is 13.3. The number of ether oxygens (including phenoxy) is 1. The van der Waals surface area contributed by atoms with Crippen molar-refractivity contribution in [2.24, 2.45) is 4.99 Å². The van der Waals surface area contributed by atoms with E-state index in [2.05, 4.69) is 4.99 Å². The first kappa shape index (κ1) is 20.5. The lowest BCUT2D eigenvalue weighted by Gasteiger charge is -2.32. The SMILES string of the molecule is Cc1c[n+]2c(n1CC1CCCO1)N=C1C2C(=O)N(CC(=O)c2ccc(F)cc2)C(=O)N1C. The second-order valence-corrected chi connectivity index (χ2v) is 8.29. The molecule has 0 aliphatic carbocycles. The second kappa shape index (κ2) is 7.63. The molecule has 1 aromatic heterocycles. The van der Waals surface area contributed by atoms with Crippen LogP contribution in [0.3, 0.4) is 0 Å². The number of halogens is 1. The summed E-state index contributed by atoms with van der Waals surface area (Å²) in [5, 5.41) is 0. The van der Waals surface area contributed by atoms with Gasteiger partial charge in [-0.3, -0.25) is 19.4 Å². The van der Waals surface area contributed by atoms with Crippen LogP contribution in [0.25, 0.3) is 0 Å². The Hall–Kier alpha value is -3.40. The number of aromatic nitrogens is 2. The van der Waals surface area contributed by atoms with Gasteiger partial charge in [-0.25, -0.2) is 18.3 Å². The minimum Gasteiger partial charge on any atom is -0.375 e. The van der Waals surface area contributed by atoms with Crippen molar-refractivity contribution in [1.29, 1.82) is 0 Å². The molecule has 0 radical (unpaired) electrons. The first-order valence-electron chi connectivity index (χ1n) is 10.5. The number of hydrogen-bond acceptors (Lipinski definition) is 5. The lowest BCUT2D eigenvalue weighted by molar-refractivity contribution is -0.677. The Morgan fingerprint density at radius 2 is 2.03 bits per heavy atom. The maximum Gasteiger partial charge on any atom is 0.402 e. The minimum absolute atomic E-state index is 0.0912. The average Bonchev–Trinajstić information content (AvgIpc) is 3.48. The van der Waals surface area contributed by atoms with Gasteiger partial charge in [0.2, 0.25) is 11.9 Å². The van der Waals surface area contributed by atoms with Crippen LogP contribution in [0, 0.1) is 12.7 Å². The van der Waals surface area contributed by atoms with Crippen LogP contribution in [0.1, 0.15) is 34.9 Å². The van der Waals surface area contributed by atoms with E-state index in [1.807, 2.05) is 17.7 Å². The fourth-order valence-corrected chi connectivity index (χ4v) is 4.46. The molecule has 10 heteroatoms. The first-order valence-corrected chi connectivity index (χ1v) is 10.5. The number of benzene rings is 1. The molecular weight excluding hydrogens is 417 g/mol. The highest BCUT2D eigenvalue weighted by Gasteiger charge is 2.53. The summed E-state index contributed by atoms with van der Waals surface area (Å²) in [5.41, 5.74) is 1.16. The van der Waals surface area contributed by atoms with Crippen molar-refractivity contribution in [3.05, 3.63) is 47.5 Å². The molecule has 1 aromatic carbocycles. The van der Waals surface area contributed by atoms with E-state index in [1.165, 1.54) is 29.2 Å². The number of imidazole rings is 1. The Balaban J connectivity index is 1.44. The Bertz CT molecular complexity index is 1150. The van der Waals surface area contributed by atoms with Crippen LogP contribution in [0.15, 0.2) is 35.5 Å². The molecule has 2 aromatic rings. The number of aryl methyl sites for hydroxylation is 1.